The van der Waals surface area contributed by atoms with Crippen molar-refractivity contribution in [3.8, 4) is 22.3 Å². The first-order valence-electron chi connectivity index (χ1n) is 18.3. The highest BCUT2D eigenvalue weighted by molar-refractivity contribution is 7.25. The highest BCUT2D eigenvalue weighted by Crippen LogP contribution is 2.48. The van der Waals surface area contributed by atoms with Gasteiger partial charge in [-0.2, -0.15) is 0 Å². The molecule has 1 aliphatic carbocycles. The topological polar surface area (TPSA) is 16.4 Å². The molecular formula is C50H33NOS. The fourth-order valence-corrected chi connectivity index (χ4v) is 9.52. The molecule has 0 amide bonds. The Kier molecular flexibility index (Phi) is 6.89. The maximum Gasteiger partial charge on any atom is 0.142 e. The first-order chi connectivity index (χ1) is 26.3. The molecule has 2 aromatic heterocycles. The van der Waals surface area contributed by atoms with Gasteiger partial charge in [-0.15, -0.1) is 11.3 Å². The Morgan fingerprint density at radius 1 is 0.491 bits per heavy atom. The second-order valence-electron chi connectivity index (χ2n) is 14.0. The summed E-state index contributed by atoms with van der Waals surface area (Å²) in [5.41, 5.74) is 9.26. The van der Waals surface area contributed by atoms with E-state index in [0.29, 0.717) is 0 Å². The van der Waals surface area contributed by atoms with Crippen LogP contribution in [0.5, 0.6) is 0 Å². The monoisotopic (exact) mass is 695 g/mol. The zero-order valence-corrected chi connectivity index (χ0v) is 29.7. The van der Waals surface area contributed by atoms with Gasteiger partial charge in [-0.05, 0) is 93.4 Å². The molecule has 0 fully saturated rings. The molecule has 8 aromatic carbocycles. The van der Waals surface area contributed by atoms with E-state index in [1.54, 1.807) is 0 Å². The summed E-state index contributed by atoms with van der Waals surface area (Å²) in [6.07, 6.45) is 5.44. The minimum absolute atomic E-state index is 0.0461. The van der Waals surface area contributed by atoms with Crippen molar-refractivity contribution in [3.05, 3.63) is 187 Å². The third-order valence-corrected chi connectivity index (χ3v) is 12.1. The SMILES string of the molecule is C1=Cc2c(oc3c2cc(-c2ccc4ccccc4c2)c2ccccc23)C(N(c2ccc(-c3ccccc3)cc2)c2ccc3sc4ccccc4c3c2)C1. The molecule has 0 spiro atoms. The average molecular weight is 696 g/mol. The summed E-state index contributed by atoms with van der Waals surface area (Å²) in [5.74, 6) is 1.01. The third-order valence-electron chi connectivity index (χ3n) is 11.0. The van der Waals surface area contributed by atoms with Crippen LogP contribution in [-0.2, 0) is 0 Å². The molecule has 2 nitrogen and oxygen atoms in total. The largest absolute Gasteiger partial charge is 0.458 e. The summed E-state index contributed by atoms with van der Waals surface area (Å²) < 4.78 is 9.76. The van der Waals surface area contributed by atoms with E-state index in [9.17, 15) is 0 Å². The predicted octanol–water partition coefficient (Wildman–Crippen LogP) is 14.7. The zero-order valence-electron chi connectivity index (χ0n) is 28.9. The lowest BCUT2D eigenvalue weighted by molar-refractivity contribution is 0.490. The molecule has 0 saturated heterocycles. The molecule has 250 valence electrons. The molecule has 2 heterocycles. The summed E-state index contributed by atoms with van der Waals surface area (Å²) >= 11 is 1.86. The van der Waals surface area contributed by atoms with E-state index in [1.165, 1.54) is 58.6 Å². The van der Waals surface area contributed by atoms with Crippen molar-refractivity contribution in [2.24, 2.45) is 0 Å². The van der Waals surface area contributed by atoms with Crippen LogP contribution in [-0.4, -0.2) is 0 Å². The van der Waals surface area contributed by atoms with Gasteiger partial charge < -0.3 is 9.32 Å². The molecule has 0 saturated carbocycles. The normalized spacial score (nSPS) is 14.1. The van der Waals surface area contributed by atoms with Crippen LogP contribution in [0.3, 0.4) is 0 Å². The van der Waals surface area contributed by atoms with Gasteiger partial charge in [-0.25, -0.2) is 0 Å². The van der Waals surface area contributed by atoms with Crippen molar-refractivity contribution in [1.82, 2.24) is 0 Å². The number of rotatable bonds is 5. The molecule has 1 atom stereocenters. The Morgan fingerprint density at radius 3 is 2.04 bits per heavy atom. The van der Waals surface area contributed by atoms with Crippen molar-refractivity contribution >= 4 is 81.5 Å². The molecule has 0 radical (unpaired) electrons. The van der Waals surface area contributed by atoms with Crippen LogP contribution in [0.15, 0.2) is 180 Å². The highest BCUT2D eigenvalue weighted by Gasteiger charge is 2.32. The lowest BCUT2D eigenvalue weighted by atomic mass is 9.91. The number of hydrogen-bond acceptors (Lipinski definition) is 3. The van der Waals surface area contributed by atoms with Crippen LogP contribution >= 0.6 is 11.3 Å². The van der Waals surface area contributed by atoms with Gasteiger partial charge in [0.05, 0.1) is 6.04 Å². The summed E-state index contributed by atoms with van der Waals surface area (Å²) in [6.45, 7) is 0. The standard InChI is InChI=1S/C50H33NOS/c1-2-11-32(12-3-1)34-23-25-37(26-24-34)51(38-27-28-48-44(30-38)40-16-8-9-20-47(40)53-48)46-19-10-18-42-45-31-43(36-22-21-33-13-4-5-14-35(33)29-36)39-15-6-7-17-41(39)49(45)52-50(42)46/h1-18,20-31,46H,19H2. The van der Waals surface area contributed by atoms with E-state index in [0.717, 1.165) is 45.5 Å². The van der Waals surface area contributed by atoms with Gasteiger partial charge in [0.2, 0.25) is 0 Å². The molecular weight excluding hydrogens is 663 g/mol. The Bertz CT molecular complexity index is 3040. The van der Waals surface area contributed by atoms with Crippen molar-refractivity contribution in [3.63, 3.8) is 0 Å². The van der Waals surface area contributed by atoms with Crippen LogP contribution in [0.4, 0.5) is 11.4 Å². The van der Waals surface area contributed by atoms with Gasteiger partial charge in [-0.1, -0.05) is 133 Å². The van der Waals surface area contributed by atoms with Crippen LogP contribution in [0.25, 0.3) is 81.0 Å². The Hall–Kier alpha value is -6.42. The number of hydrogen-bond donors (Lipinski definition) is 0. The van der Waals surface area contributed by atoms with Gasteiger partial charge in [0, 0.05) is 47.9 Å². The molecule has 0 N–H and O–H groups in total. The van der Waals surface area contributed by atoms with Gasteiger partial charge in [0.15, 0.2) is 0 Å². The van der Waals surface area contributed by atoms with Crippen molar-refractivity contribution in [2.45, 2.75) is 12.5 Å². The van der Waals surface area contributed by atoms with Crippen LogP contribution < -0.4 is 4.90 Å². The van der Waals surface area contributed by atoms with Crippen LogP contribution in [0, 0.1) is 0 Å². The molecule has 1 unspecified atom stereocenters. The number of fused-ring (bicyclic) bond motifs is 9. The highest BCUT2D eigenvalue weighted by atomic mass is 32.1. The first-order valence-corrected chi connectivity index (χ1v) is 19.1. The van der Waals surface area contributed by atoms with E-state index >= 15 is 0 Å². The number of thiophene rings is 1. The minimum Gasteiger partial charge on any atom is -0.458 e. The van der Waals surface area contributed by atoms with Gasteiger partial charge in [-0.3, -0.25) is 0 Å². The second kappa shape index (κ2) is 12.1. The fraction of sp³-hybridized carbons (Fsp3) is 0.0400. The predicted molar refractivity (Wildman–Crippen MR) is 226 cm³/mol. The number of nitrogens with zero attached hydrogens (tertiary/aromatic N) is 1. The summed E-state index contributed by atoms with van der Waals surface area (Å²) in [7, 11) is 0. The smallest absolute Gasteiger partial charge is 0.142 e. The zero-order chi connectivity index (χ0) is 34.9. The number of anilines is 2. The Labute approximate surface area is 311 Å². The van der Waals surface area contributed by atoms with E-state index in [2.05, 4.69) is 187 Å². The van der Waals surface area contributed by atoms with Crippen molar-refractivity contribution in [2.75, 3.05) is 4.90 Å². The maximum atomic E-state index is 7.15. The molecule has 3 heteroatoms. The van der Waals surface area contributed by atoms with Gasteiger partial charge in [0.1, 0.15) is 11.3 Å². The lowest BCUT2D eigenvalue weighted by Crippen LogP contribution is -2.24. The van der Waals surface area contributed by atoms with Crippen LogP contribution in [0.1, 0.15) is 23.8 Å². The summed E-state index contributed by atoms with van der Waals surface area (Å²) in [4.78, 5) is 2.50. The summed E-state index contributed by atoms with van der Waals surface area (Å²) in [6, 6.07) is 61.8. The number of benzene rings is 8. The van der Waals surface area contributed by atoms with E-state index in [4.69, 9.17) is 4.42 Å². The van der Waals surface area contributed by atoms with E-state index in [-0.39, 0.29) is 6.04 Å². The Balaban J connectivity index is 1.11. The second-order valence-corrected chi connectivity index (χ2v) is 15.1. The molecule has 10 aromatic rings. The van der Waals surface area contributed by atoms with Crippen molar-refractivity contribution < 1.29 is 4.42 Å². The molecule has 11 rings (SSSR count). The number of furan rings is 1. The van der Waals surface area contributed by atoms with E-state index in [1.807, 2.05) is 11.3 Å². The Morgan fingerprint density at radius 2 is 1.17 bits per heavy atom. The maximum absolute atomic E-state index is 7.15. The quantitative estimate of drug-likeness (QED) is 0.178. The minimum atomic E-state index is -0.0461. The van der Waals surface area contributed by atoms with E-state index < -0.39 is 0 Å². The third kappa shape index (κ3) is 4.92. The van der Waals surface area contributed by atoms with Crippen LogP contribution in [0.2, 0.25) is 0 Å². The molecule has 0 aliphatic heterocycles. The fourth-order valence-electron chi connectivity index (χ4n) is 8.43. The van der Waals surface area contributed by atoms with Gasteiger partial charge >= 0.3 is 0 Å². The lowest BCUT2D eigenvalue weighted by Gasteiger charge is -2.34. The molecule has 53 heavy (non-hydrogen) atoms. The molecule has 0 bridgehead atoms. The van der Waals surface area contributed by atoms with Gasteiger partial charge in [0.25, 0.3) is 0 Å². The molecule has 1 aliphatic rings. The summed E-state index contributed by atoms with van der Waals surface area (Å²) in [5, 5.41) is 8.57. The first kappa shape index (κ1) is 30.2. The van der Waals surface area contributed by atoms with Crippen molar-refractivity contribution in [1.29, 1.82) is 0 Å². The average Bonchev–Trinajstić information content (AvgIpc) is 3.80.